The smallest absolute Gasteiger partial charge is 0.388 e. The number of nitrogens with one attached hydrogen (secondary N) is 3. The minimum absolute atomic E-state index is 0.00561. The molecule has 2 fully saturated rings. The van der Waals surface area contributed by atoms with Gasteiger partial charge in [0.15, 0.2) is 12.0 Å². The first-order valence-electron chi connectivity index (χ1n) is 13.4. The fourth-order valence-corrected chi connectivity index (χ4v) is 5.69. The number of fused-ring (bicyclic) bond motifs is 1. The molecule has 0 spiro atoms. The molecule has 13 heteroatoms. The number of halogens is 4. The van der Waals surface area contributed by atoms with E-state index in [1.165, 1.54) is 30.4 Å². The number of alkyl halides is 3. The average molecular weight is 568 g/mol. The Balaban J connectivity index is 1.28. The quantitative estimate of drug-likeness (QED) is 0.275. The molecule has 1 aromatic carbocycles. The molecule has 5 N–H and O–H groups in total. The van der Waals surface area contributed by atoms with Crippen LogP contribution in [-0.2, 0) is 6.18 Å². The minimum Gasteiger partial charge on any atom is -0.388 e. The number of benzene rings is 1. The van der Waals surface area contributed by atoms with Gasteiger partial charge in [-0.05, 0) is 70.0 Å². The number of hydrogen-bond donors (Lipinski definition) is 5. The summed E-state index contributed by atoms with van der Waals surface area (Å²) in [5.74, 6) is -1.22. The summed E-state index contributed by atoms with van der Waals surface area (Å²) in [7, 11) is 0. The van der Waals surface area contributed by atoms with Gasteiger partial charge in [-0.15, -0.1) is 0 Å². The van der Waals surface area contributed by atoms with Gasteiger partial charge in [-0.3, -0.25) is 0 Å². The second kappa shape index (κ2) is 10.9. The van der Waals surface area contributed by atoms with Crippen LogP contribution in [0.5, 0.6) is 5.75 Å². The van der Waals surface area contributed by atoms with Crippen molar-refractivity contribution in [3.63, 3.8) is 0 Å². The van der Waals surface area contributed by atoms with Gasteiger partial charge in [0, 0.05) is 36.5 Å². The number of H-pyrrole nitrogens is 1. The Kier molecular flexibility index (Phi) is 7.73. The molecule has 218 valence electrons. The third-order valence-corrected chi connectivity index (χ3v) is 7.81. The molecule has 2 saturated heterocycles. The third kappa shape index (κ3) is 5.91. The van der Waals surface area contributed by atoms with Gasteiger partial charge in [0.2, 0.25) is 0 Å². The van der Waals surface area contributed by atoms with E-state index in [0.717, 1.165) is 38.1 Å². The number of hydroxylamine groups is 1. The van der Waals surface area contributed by atoms with E-state index in [-0.39, 0.29) is 29.9 Å². The maximum Gasteiger partial charge on any atom is 0.422 e. The molecule has 3 aliphatic rings. The van der Waals surface area contributed by atoms with Crippen molar-refractivity contribution in [2.75, 3.05) is 38.0 Å². The van der Waals surface area contributed by atoms with Gasteiger partial charge in [0.05, 0.1) is 17.0 Å². The highest BCUT2D eigenvalue weighted by atomic mass is 19.4. The summed E-state index contributed by atoms with van der Waals surface area (Å²) in [4.78, 5) is 24.2. The van der Waals surface area contributed by atoms with Gasteiger partial charge in [-0.2, -0.15) is 18.7 Å². The first-order valence-corrected chi connectivity index (χ1v) is 13.4. The molecule has 0 bridgehead atoms. The lowest BCUT2D eigenvalue weighted by atomic mass is 9.90. The maximum absolute atomic E-state index is 14.2. The molecule has 1 atom stereocenters. The van der Waals surface area contributed by atoms with Crippen molar-refractivity contribution in [1.82, 2.24) is 20.3 Å². The molecule has 0 saturated carbocycles. The number of aliphatic hydroxyl groups is 2. The van der Waals surface area contributed by atoms with E-state index >= 15 is 0 Å². The summed E-state index contributed by atoms with van der Waals surface area (Å²) in [6.45, 7) is 4.24. The van der Waals surface area contributed by atoms with E-state index in [0.29, 0.717) is 25.1 Å². The Morgan fingerprint density at radius 1 is 1.20 bits per heavy atom. The van der Waals surface area contributed by atoms with Gasteiger partial charge < -0.3 is 35.2 Å². The molecule has 1 unspecified atom stereocenters. The second-order valence-corrected chi connectivity index (χ2v) is 10.8. The molecule has 4 heterocycles. The number of aliphatic hydroxyl groups excluding tert-OH is 1. The predicted molar refractivity (Wildman–Crippen MR) is 140 cm³/mol. The fraction of sp³-hybridized carbons (Fsp3) is 0.519. The summed E-state index contributed by atoms with van der Waals surface area (Å²) >= 11 is 0. The average Bonchev–Trinajstić information content (AvgIpc) is 3.38. The molecular weight excluding hydrogens is 534 g/mol. The monoisotopic (exact) mass is 567 g/mol. The highest BCUT2D eigenvalue weighted by Gasteiger charge is 2.41. The highest BCUT2D eigenvalue weighted by molar-refractivity contribution is 5.94. The van der Waals surface area contributed by atoms with Crippen molar-refractivity contribution in [2.45, 2.75) is 57.0 Å². The summed E-state index contributed by atoms with van der Waals surface area (Å²) in [6, 6.07) is 2.97. The van der Waals surface area contributed by atoms with Crippen molar-refractivity contribution in [3.8, 4) is 5.75 Å². The van der Waals surface area contributed by atoms with E-state index in [9.17, 15) is 32.6 Å². The van der Waals surface area contributed by atoms with E-state index in [4.69, 9.17) is 4.84 Å². The van der Waals surface area contributed by atoms with Crippen molar-refractivity contribution < 1.29 is 37.4 Å². The number of hydrogen-bond acceptors (Lipinski definition) is 6. The Bertz CT molecular complexity index is 1280. The Morgan fingerprint density at radius 3 is 2.58 bits per heavy atom. The number of rotatable bonds is 5. The van der Waals surface area contributed by atoms with Crippen molar-refractivity contribution >= 4 is 23.4 Å². The van der Waals surface area contributed by atoms with Gasteiger partial charge in [-0.1, -0.05) is 6.42 Å². The number of piperidine rings is 2. The van der Waals surface area contributed by atoms with Gasteiger partial charge in [0.1, 0.15) is 11.4 Å². The maximum atomic E-state index is 14.2. The minimum atomic E-state index is -4.88. The van der Waals surface area contributed by atoms with Crippen LogP contribution in [-0.4, -0.2) is 75.6 Å². The van der Waals surface area contributed by atoms with Crippen LogP contribution in [0.15, 0.2) is 18.2 Å². The van der Waals surface area contributed by atoms with Crippen LogP contribution in [0, 0.1) is 12.7 Å². The number of aryl methyl sites for hydroxylation is 1. The van der Waals surface area contributed by atoms with Crippen LogP contribution in [0.4, 0.5) is 28.0 Å². The largest absolute Gasteiger partial charge is 0.422 e. The van der Waals surface area contributed by atoms with Crippen LogP contribution >= 0.6 is 0 Å². The van der Waals surface area contributed by atoms with Crippen LogP contribution < -0.4 is 15.6 Å². The van der Waals surface area contributed by atoms with Gasteiger partial charge >= 0.3 is 12.2 Å². The van der Waals surface area contributed by atoms with E-state index in [1.807, 2.05) is 0 Å². The summed E-state index contributed by atoms with van der Waals surface area (Å²) < 4.78 is 56.4. The summed E-state index contributed by atoms with van der Waals surface area (Å²) in [5, 5.41) is 24.1. The van der Waals surface area contributed by atoms with E-state index in [2.05, 4.69) is 20.7 Å². The van der Waals surface area contributed by atoms with Crippen LogP contribution in [0.1, 0.15) is 54.6 Å². The molecule has 9 nitrogen and oxygen atoms in total. The Labute approximate surface area is 228 Å². The first kappa shape index (κ1) is 28.2. The van der Waals surface area contributed by atoms with Crippen LogP contribution in [0.2, 0.25) is 0 Å². The number of amides is 2. The molecule has 5 rings (SSSR count). The fourth-order valence-electron chi connectivity index (χ4n) is 5.69. The Morgan fingerprint density at radius 2 is 1.90 bits per heavy atom. The summed E-state index contributed by atoms with van der Waals surface area (Å²) in [6.07, 6.45) is -1.06. The van der Waals surface area contributed by atoms with Crippen molar-refractivity contribution in [2.24, 2.45) is 0 Å². The topological polar surface area (TPSA) is 113 Å². The number of carbonyl (C=O) groups excluding carboxylic acids is 1. The number of aromatic nitrogens is 1. The number of carbonyl (C=O) groups is 1. The number of aromatic amines is 1. The molecule has 0 radical (unpaired) electrons. The lowest BCUT2D eigenvalue weighted by Crippen LogP contribution is -2.54. The lowest BCUT2D eigenvalue weighted by Gasteiger charge is -2.41. The van der Waals surface area contributed by atoms with Crippen molar-refractivity contribution in [3.05, 3.63) is 46.5 Å². The molecular formula is C27H33F4N5O4. The predicted octanol–water partition coefficient (Wildman–Crippen LogP) is 4.08. The zero-order valence-corrected chi connectivity index (χ0v) is 22.1. The number of nitrogens with zero attached hydrogens (tertiary/aromatic N) is 2. The molecule has 2 aromatic rings. The highest BCUT2D eigenvalue weighted by Crippen LogP contribution is 2.43. The van der Waals surface area contributed by atoms with E-state index < -0.39 is 46.9 Å². The van der Waals surface area contributed by atoms with Crippen molar-refractivity contribution in [1.29, 1.82) is 0 Å². The SMILES string of the molecule is Cc1[nH]c(/C=C2/c3cc(F)ccc3NC2O)c(C(F)(F)F)c1ONC(=O)N1CCC(O)(CN2CCCCC2)CC1. The number of urea groups is 1. The zero-order valence-electron chi connectivity index (χ0n) is 22.1. The molecule has 3 aliphatic heterocycles. The van der Waals surface area contributed by atoms with Gasteiger partial charge in [0.25, 0.3) is 0 Å². The molecule has 40 heavy (non-hydrogen) atoms. The van der Waals surface area contributed by atoms with Crippen LogP contribution in [0.25, 0.3) is 11.6 Å². The molecule has 2 amide bonds. The second-order valence-electron chi connectivity index (χ2n) is 10.8. The lowest BCUT2D eigenvalue weighted by molar-refractivity contribution is -0.139. The Hall–Kier alpha value is -3.29. The first-order chi connectivity index (χ1) is 18.9. The third-order valence-electron chi connectivity index (χ3n) is 7.81. The van der Waals surface area contributed by atoms with Gasteiger partial charge in [-0.25, -0.2) is 9.18 Å². The number of β-amino-alcohol motifs (C(OH)–C–C–N with tert-alkyl or cyclic N) is 1. The zero-order chi connectivity index (χ0) is 28.7. The molecule has 1 aromatic heterocycles. The normalized spacial score (nSPS) is 22.2. The standard InChI is InChI=1S/C27H33F4N5O4/c1-16-23(40-34-25(38)36-11-7-26(39,8-12-36)15-35-9-3-2-4-10-35)22(27(29,30)31)21(32-16)14-19-18-13-17(28)5-6-20(18)33-24(19)37/h5-6,13-14,24,32-33,37,39H,2-4,7-12,15H2,1H3,(H,34,38)/b19-14-. The summed E-state index contributed by atoms with van der Waals surface area (Å²) in [5.41, 5.74) is 0.253. The number of anilines is 1. The number of likely N-dealkylation sites (tertiary alicyclic amines) is 2. The van der Waals surface area contributed by atoms with Crippen LogP contribution in [0.3, 0.4) is 0 Å². The molecule has 0 aliphatic carbocycles. The van der Waals surface area contributed by atoms with E-state index in [1.54, 1.807) is 0 Å².